The quantitative estimate of drug-likeness (QED) is 0.639. The number of fused-ring (bicyclic) bond motifs is 3. The third kappa shape index (κ3) is 2.72. The Morgan fingerprint density at radius 2 is 1.96 bits per heavy atom. The number of aromatic nitrogens is 3. The molecular formula is C21H22ClN3O2. The largest absolute Gasteiger partial charge is 0.494 e. The summed E-state index contributed by atoms with van der Waals surface area (Å²) in [6, 6.07) is 12.2. The molecule has 2 heterocycles. The van der Waals surface area contributed by atoms with Crippen molar-refractivity contribution in [1.29, 1.82) is 0 Å². The van der Waals surface area contributed by atoms with Gasteiger partial charge in [-0.25, -0.2) is 0 Å². The van der Waals surface area contributed by atoms with Gasteiger partial charge in [-0.15, -0.1) is 10.2 Å². The van der Waals surface area contributed by atoms with Crippen LogP contribution < -0.4 is 4.74 Å². The molecule has 2 aromatic heterocycles. The lowest BCUT2D eigenvalue weighted by molar-refractivity contribution is -0.197. The van der Waals surface area contributed by atoms with E-state index in [1.165, 1.54) is 5.56 Å². The summed E-state index contributed by atoms with van der Waals surface area (Å²) in [5, 5.41) is 9.73. The van der Waals surface area contributed by atoms with Crippen LogP contribution in [0.25, 0.3) is 11.0 Å². The van der Waals surface area contributed by atoms with Crippen LogP contribution in [0.15, 0.2) is 42.6 Å². The van der Waals surface area contributed by atoms with E-state index in [9.17, 15) is 0 Å². The standard InChI is InChI=1S/C21H22ClN3O2/c1-26-17-11-25(19-16(17)10-18(22)23-24-19)20-8-5-9-21(13-20,14-20)27-12-15-6-3-2-4-7-15/h2-4,6-7,10-11H,5,8-9,12-14H2,1H3. The molecule has 3 aromatic rings. The van der Waals surface area contributed by atoms with Gasteiger partial charge in [0.2, 0.25) is 0 Å². The average Bonchev–Trinajstić information content (AvgIpc) is 3.05. The van der Waals surface area contributed by atoms with E-state index in [1.54, 1.807) is 7.11 Å². The second kappa shape index (κ2) is 6.21. The number of ether oxygens (including phenoxy) is 2. The van der Waals surface area contributed by atoms with E-state index < -0.39 is 0 Å². The van der Waals surface area contributed by atoms with Crippen LogP contribution in [0.3, 0.4) is 0 Å². The van der Waals surface area contributed by atoms with Gasteiger partial charge >= 0.3 is 0 Å². The minimum atomic E-state index is -0.0300. The fourth-order valence-electron chi connectivity index (χ4n) is 5.01. The van der Waals surface area contributed by atoms with Crippen LogP contribution in [0.4, 0.5) is 0 Å². The van der Waals surface area contributed by atoms with Crippen LogP contribution in [0.5, 0.6) is 5.75 Å². The molecule has 3 aliphatic carbocycles. The average molecular weight is 384 g/mol. The van der Waals surface area contributed by atoms with Gasteiger partial charge < -0.3 is 14.0 Å². The van der Waals surface area contributed by atoms with Crippen molar-refractivity contribution in [2.24, 2.45) is 0 Å². The summed E-state index contributed by atoms with van der Waals surface area (Å²) in [5.41, 5.74) is 2.07. The minimum Gasteiger partial charge on any atom is -0.494 e. The molecule has 5 nitrogen and oxygen atoms in total. The van der Waals surface area contributed by atoms with Gasteiger partial charge in [0, 0.05) is 19.0 Å². The molecule has 0 radical (unpaired) electrons. The number of hydrogen-bond donors (Lipinski definition) is 0. The number of halogens is 1. The SMILES string of the molecule is COc1cn(C23CCCC(OCc4ccccc4)(C2)C3)c2nnc(Cl)cc12. The highest BCUT2D eigenvalue weighted by atomic mass is 35.5. The highest BCUT2D eigenvalue weighted by molar-refractivity contribution is 6.30. The van der Waals surface area contributed by atoms with Crippen LogP contribution >= 0.6 is 11.6 Å². The van der Waals surface area contributed by atoms with Crippen molar-refractivity contribution in [2.75, 3.05) is 7.11 Å². The third-order valence-corrected chi connectivity index (χ3v) is 6.37. The molecule has 0 saturated heterocycles. The molecule has 2 bridgehead atoms. The second-order valence-corrected chi connectivity index (χ2v) is 8.25. The molecule has 3 fully saturated rings. The van der Waals surface area contributed by atoms with Gasteiger partial charge in [-0.1, -0.05) is 41.9 Å². The van der Waals surface area contributed by atoms with Crippen molar-refractivity contribution in [3.05, 3.63) is 53.3 Å². The molecule has 0 amide bonds. The monoisotopic (exact) mass is 383 g/mol. The van der Waals surface area contributed by atoms with Gasteiger partial charge in [-0.05, 0) is 30.9 Å². The van der Waals surface area contributed by atoms with Crippen LogP contribution in [0.1, 0.15) is 37.7 Å². The zero-order chi connectivity index (χ0) is 18.5. The first-order valence-electron chi connectivity index (χ1n) is 9.40. The Balaban J connectivity index is 1.43. The Bertz CT molecular complexity index is 980. The lowest BCUT2D eigenvalue weighted by atomic mass is 9.56. The number of rotatable bonds is 5. The lowest BCUT2D eigenvalue weighted by Crippen LogP contribution is -2.62. The molecule has 0 atom stereocenters. The molecule has 1 aromatic carbocycles. The molecule has 3 aliphatic rings. The van der Waals surface area contributed by atoms with E-state index >= 15 is 0 Å². The highest BCUT2D eigenvalue weighted by Gasteiger charge is 2.59. The number of hydrogen-bond acceptors (Lipinski definition) is 4. The number of methoxy groups -OCH3 is 1. The van der Waals surface area contributed by atoms with Crippen LogP contribution in [-0.2, 0) is 16.9 Å². The molecule has 0 N–H and O–H groups in total. The normalized spacial score (nSPS) is 26.7. The molecule has 0 unspecified atom stereocenters. The van der Waals surface area contributed by atoms with E-state index in [0.29, 0.717) is 11.8 Å². The number of benzene rings is 1. The van der Waals surface area contributed by atoms with Crippen LogP contribution in [0.2, 0.25) is 5.15 Å². The van der Waals surface area contributed by atoms with E-state index in [1.807, 2.05) is 12.1 Å². The highest BCUT2D eigenvalue weighted by Crippen LogP contribution is 2.59. The minimum absolute atomic E-state index is 0.0300. The Morgan fingerprint density at radius 3 is 2.74 bits per heavy atom. The van der Waals surface area contributed by atoms with Crippen molar-refractivity contribution < 1.29 is 9.47 Å². The van der Waals surface area contributed by atoms with E-state index in [0.717, 1.165) is 48.9 Å². The molecule has 3 saturated carbocycles. The van der Waals surface area contributed by atoms with Crippen molar-refractivity contribution in [1.82, 2.24) is 14.8 Å². The number of nitrogens with zero attached hydrogens (tertiary/aromatic N) is 3. The van der Waals surface area contributed by atoms with Crippen LogP contribution in [0, 0.1) is 0 Å². The zero-order valence-electron chi connectivity index (χ0n) is 15.3. The first-order valence-corrected chi connectivity index (χ1v) is 9.78. The van der Waals surface area contributed by atoms with Gasteiger partial charge in [0.1, 0.15) is 5.75 Å². The summed E-state index contributed by atoms with van der Waals surface area (Å²) in [5.74, 6) is 0.796. The smallest absolute Gasteiger partial charge is 0.167 e. The molecular weight excluding hydrogens is 362 g/mol. The van der Waals surface area contributed by atoms with Gasteiger partial charge in [0.25, 0.3) is 0 Å². The molecule has 6 heteroatoms. The van der Waals surface area contributed by atoms with Crippen molar-refractivity contribution in [2.45, 2.75) is 49.9 Å². The summed E-state index contributed by atoms with van der Waals surface area (Å²) in [4.78, 5) is 0. The van der Waals surface area contributed by atoms with Gasteiger partial charge in [0.15, 0.2) is 10.8 Å². The maximum Gasteiger partial charge on any atom is 0.167 e. The predicted octanol–water partition coefficient (Wildman–Crippen LogP) is 4.72. The first-order chi connectivity index (χ1) is 13.1. The Labute approximate surface area is 163 Å². The van der Waals surface area contributed by atoms with E-state index in [-0.39, 0.29) is 11.1 Å². The molecule has 27 heavy (non-hydrogen) atoms. The first kappa shape index (κ1) is 17.0. The summed E-state index contributed by atoms with van der Waals surface area (Å²) < 4.78 is 14.3. The Kier molecular flexibility index (Phi) is 3.92. The fraction of sp³-hybridized carbons (Fsp3) is 0.429. The zero-order valence-corrected chi connectivity index (χ0v) is 16.1. The van der Waals surface area contributed by atoms with Gasteiger partial charge in [0.05, 0.1) is 30.2 Å². The van der Waals surface area contributed by atoms with E-state index in [2.05, 4.69) is 45.2 Å². The second-order valence-electron chi connectivity index (χ2n) is 7.86. The van der Waals surface area contributed by atoms with Gasteiger partial charge in [-0.2, -0.15) is 0 Å². The maximum absolute atomic E-state index is 6.43. The lowest BCUT2D eigenvalue weighted by Gasteiger charge is -2.60. The van der Waals surface area contributed by atoms with Crippen molar-refractivity contribution in [3.8, 4) is 5.75 Å². The Hall–Kier alpha value is -2.11. The topological polar surface area (TPSA) is 49.2 Å². The van der Waals surface area contributed by atoms with E-state index in [4.69, 9.17) is 21.1 Å². The molecule has 140 valence electrons. The third-order valence-electron chi connectivity index (χ3n) is 6.18. The molecule has 6 rings (SSSR count). The summed E-state index contributed by atoms with van der Waals surface area (Å²) >= 11 is 6.05. The molecule has 0 spiro atoms. The molecule has 0 aliphatic heterocycles. The predicted molar refractivity (Wildman–Crippen MR) is 104 cm³/mol. The maximum atomic E-state index is 6.43. The van der Waals surface area contributed by atoms with Crippen molar-refractivity contribution in [3.63, 3.8) is 0 Å². The van der Waals surface area contributed by atoms with Crippen molar-refractivity contribution >= 4 is 22.6 Å². The summed E-state index contributed by atoms with van der Waals surface area (Å²) in [6.07, 6.45) is 7.46. The summed E-state index contributed by atoms with van der Waals surface area (Å²) in [7, 11) is 1.68. The van der Waals surface area contributed by atoms with Gasteiger partial charge in [-0.3, -0.25) is 0 Å². The summed E-state index contributed by atoms with van der Waals surface area (Å²) in [6.45, 7) is 0.669. The Morgan fingerprint density at radius 1 is 1.15 bits per heavy atom. The fourth-order valence-corrected chi connectivity index (χ4v) is 5.16. The van der Waals surface area contributed by atoms with Crippen LogP contribution in [-0.4, -0.2) is 27.5 Å².